The van der Waals surface area contributed by atoms with E-state index < -0.39 is 22.3 Å². The lowest BCUT2D eigenvalue weighted by Gasteiger charge is -2.37. The predicted octanol–water partition coefficient (Wildman–Crippen LogP) is 2.75. The number of rotatable bonds is 4. The first kappa shape index (κ1) is 17.9. The molecule has 1 aromatic rings. The summed E-state index contributed by atoms with van der Waals surface area (Å²) in [4.78, 5) is 35.5. The van der Waals surface area contributed by atoms with Crippen molar-refractivity contribution < 1.29 is 19.2 Å². The number of nitrogens with zero attached hydrogens (tertiary/aromatic N) is 1. The summed E-state index contributed by atoms with van der Waals surface area (Å²) in [5.41, 5.74) is -0.697. The molecule has 1 N–H and O–H groups in total. The number of ether oxygens (including phenoxy) is 1. The molecule has 1 aliphatic carbocycles. The Labute approximate surface area is 140 Å². The number of carbonyl (C=O) groups excluding carboxylic acids is 2. The highest BCUT2D eigenvalue weighted by molar-refractivity contribution is 6.00. The van der Waals surface area contributed by atoms with Crippen molar-refractivity contribution in [2.45, 2.75) is 45.1 Å². The molecule has 1 amide bonds. The van der Waals surface area contributed by atoms with E-state index in [9.17, 15) is 19.7 Å². The number of carbonyl (C=O) groups is 2. The normalized spacial score (nSPS) is 23.4. The van der Waals surface area contributed by atoms with Gasteiger partial charge in [-0.1, -0.05) is 13.0 Å². The number of hydrogen-bond donors (Lipinski definition) is 1. The standard InChI is InChI=1S/C17H22N2O5/c1-11-7-9-17(10-8-11,16(21)24-3)18-15(20)13-5-4-6-14(12(13)2)19(22)23/h4-6,11H,7-10H2,1-3H3,(H,18,20). The molecule has 130 valence electrons. The van der Waals surface area contributed by atoms with E-state index >= 15 is 0 Å². The van der Waals surface area contributed by atoms with Crippen LogP contribution in [0.25, 0.3) is 0 Å². The molecule has 0 aliphatic heterocycles. The Morgan fingerprint density at radius 1 is 1.33 bits per heavy atom. The smallest absolute Gasteiger partial charge is 0.331 e. The van der Waals surface area contributed by atoms with Crippen molar-refractivity contribution >= 4 is 17.6 Å². The second-order valence-electron chi connectivity index (χ2n) is 6.42. The zero-order valence-electron chi connectivity index (χ0n) is 14.1. The molecule has 0 unspecified atom stereocenters. The second-order valence-corrected chi connectivity index (χ2v) is 6.42. The first-order chi connectivity index (χ1) is 11.3. The van der Waals surface area contributed by atoms with E-state index in [0.29, 0.717) is 18.8 Å². The SMILES string of the molecule is COC(=O)C1(NC(=O)c2cccc([N+](=O)[O-])c2C)CCC(C)CC1. The van der Waals surface area contributed by atoms with Crippen LogP contribution < -0.4 is 5.32 Å². The number of esters is 1. The summed E-state index contributed by atoms with van der Waals surface area (Å²) in [6.07, 6.45) is 2.62. The molecule has 1 aliphatic rings. The Balaban J connectivity index is 2.31. The minimum Gasteiger partial charge on any atom is -0.467 e. The monoisotopic (exact) mass is 334 g/mol. The summed E-state index contributed by atoms with van der Waals surface area (Å²) < 4.78 is 4.90. The lowest BCUT2D eigenvalue weighted by atomic mass is 9.77. The third-order valence-electron chi connectivity index (χ3n) is 4.80. The summed E-state index contributed by atoms with van der Waals surface area (Å²) in [5.74, 6) is -0.471. The van der Waals surface area contributed by atoms with Gasteiger partial charge in [-0.2, -0.15) is 0 Å². The predicted molar refractivity (Wildman–Crippen MR) is 87.7 cm³/mol. The molecule has 24 heavy (non-hydrogen) atoms. The van der Waals surface area contributed by atoms with Gasteiger partial charge in [0.1, 0.15) is 5.54 Å². The highest BCUT2D eigenvalue weighted by Crippen LogP contribution is 2.33. The van der Waals surface area contributed by atoms with Gasteiger partial charge in [0.05, 0.1) is 12.0 Å². The molecule has 7 nitrogen and oxygen atoms in total. The van der Waals surface area contributed by atoms with Gasteiger partial charge >= 0.3 is 5.97 Å². The molecule has 0 radical (unpaired) electrons. The van der Waals surface area contributed by atoms with Crippen molar-refractivity contribution in [2.24, 2.45) is 5.92 Å². The molecule has 1 saturated carbocycles. The molecule has 1 fully saturated rings. The van der Waals surface area contributed by atoms with Crippen molar-refractivity contribution in [3.05, 3.63) is 39.4 Å². The number of nitrogens with one attached hydrogen (secondary N) is 1. The largest absolute Gasteiger partial charge is 0.467 e. The summed E-state index contributed by atoms with van der Waals surface area (Å²) in [6.45, 7) is 3.63. The number of amides is 1. The average Bonchev–Trinajstić information content (AvgIpc) is 2.56. The van der Waals surface area contributed by atoms with E-state index in [4.69, 9.17) is 4.74 Å². The van der Waals surface area contributed by atoms with Crippen LogP contribution in [0.15, 0.2) is 18.2 Å². The molecule has 0 heterocycles. The van der Waals surface area contributed by atoms with Crippen LogP contribution >= 0.6 is 0 Å². The number of methoxy groups -OCH3 is 1. The van der Waals surface area contributed by atoms with E-state index in [1.165, 1.54) is 32.2 Å². The maximum absolute atomic E-state index is 12.7. The average molecular weight is 334 g/mol. The highest BCUT2D eigenvalue weighted by Gasteiger charge is 2.43. The lowest BCUT2D eigenvalue weighted by Crippen LogP contribution is -2.56. The Morgan fingerprint density at radius 3 is 2.50 bits per heavy atom. The number of nitro groups is 1. The number of benzene rings is 1. The van der Waals surface area contributed by atoms with Gasteiger partial charge in [0.25, 0.3) is 11.6 Å². The van der Waals surface area contributed by atoms with Crippen LogP contribution in [0.3, 0.4) is 0 Å². The minimum atomic E-state index is -1.06. The van der Waals surface area contributed by atoms with Crippen molar-refractivity contribution in [2.75, 3.05) is 7.11 Å². The number of nitro benzene ring substituents is 1. The molecule has 1 aromatic carbocycles. The van der Waals surface area contributed by atoms with Gasteiger partial charge in [-0.05, 0) is 44.6 Å². The van der Waals surface area contributed by atoms with Crippen molar-refractivity contribution in [3.63, 3.8) is 0 Å². The van der Waals surface area contributed by atoms with Gasteiger partial charge in [0.2, 0.25) is 0 Å². The first-order valence-electron chi connectivity index (χ1n) is 7.95. The van der Waals surface area contributed by atoms with Crippen LogP contribution in [-0.4, -0.2) is 29.4 Å². The van der Waals surface area contributed by atoms with Gasteiger partial charge in [0, 0.05) is 17.2 Å². The van der Waals surface area contributed by atoms with Gasteiger partial charge in [-0.3, -0.25) is 14.9 Å². The van der Waals surface area contributed by atoms with Crippen molar-refractivity contribution in [1.29, 1.82) is 0 Å². The third kappa shape index (κ3) is 3.39. The van der Waals surface area contributed by atoms with Crippen molar-refractivity contribution in [1.82, 2.24) is 5.32 Å². The van der Waals surface area contributed by atoms with Gasteiger partial charge in [-0.15, -0.1) is 0 Å². The number of hydrogen-bond acceptors (Lipinski definition) is 5. The van der Waals surface area contributed by atoms with Crippen LogP contribution in [0.4, 0.5) is 5.69 Å². The topological polar surface area (TPSA) is 98.5 Å². The maximum Gasteiger partial charge on any atom is 0.331 e. The minimum absolute atomic E-state index is 0.118. The molecule has 0 aromatic heterocycles. The summed E-state index contributed by atoms with van der Waals surface area (Å²) >= 11 is 0. The maximum atomic E-state index is 12.7. The molecule has 0 spiro atoms. The van der Waals surface area contributed by atoms with E-state index in [1.807, 2.05) is 0 Å². The molecule has 2 rings (SSSR count). The fourth-order valence-electron chi connectivity index (χ4n) is 3.18. The molecular weight excluding hydrogens is 312 g/mol. The van der Waals surface area contributed by atoms with Crippen LogP contribution in [-0.2, 0) is 9.53 Å². The molecule has 0 saturated heterocycles. The molecule has 0 bridgehead atoms. The Bertz CT molecular complexity index is 663. The quantitative estimate of drug-likeness (QED) is 0.518. The Hall–Kier alpha value is -2.44. The van der Waals surface area contributed by atoms with Crippen molar-refractivity contribution in [3.8, 4) is 0 Å². The lowest BCUT2D eigenvalue weighted by molar-refractivity contribution is -0.385. The molecule has 7 heteroatoms. The first-order valence-corrected chi connectivity index (χ1v) is 7.95. The molecular formula is C17H22N2O5. The van der Waals surface area contributed by atoms with Crippen LogP contribution in [0, 0.1) is 23.0 Å². The van der Waals surface area contributed by atoms with Gasteiger partial charge < -0.3 is 10.1 Å². The van der Waals surface area contributed by atoms with E-state index in [-0.39, 0.29) is 16.8 Å². The van der Waals surface area contributed by atoms with Gasteiger partial charge in [-0.25, -0.2) is 4.79 Å². The zero-order chi connectivity index (χ0) is 17.9. The zero-order valence-corrected chi connectivity index (χ0v) is 14.1. The highest BCUT2D eigenvalue weighted by atomic mass is 16.6. The fourth-order valence-corrected chi connectivity index (χ4v) is 3.18. The summed E-state index contributed by atoms with van der Waals surface area (Å²) in [7, 11) is 1.30. The third-order valence-corrected chi connectivity index (χ3v) is 4.80. The Kier molecular flexibility index (Phi) is 5.21. The van der Waals surface area contributed by atoms with Gasteiger partial charge in [0.15, 0.2) is 0 Å². The second kappa shape index (κ2) is 6.98. The fraction of sp³-hybridized carbons (Fsp3) is 0.529. The van der Waals surface area contributed by atoms with E-state index in [0.717, 1.165) is 12.8 Å². The van der Waals surface area contributed by atoms with E-state index in [2.05, 4.69) is 12.2 Å². The Morgan fingerprint density at radius 2 is 1.96 bits per heavy atom. The summed E-state index contributed by atoms with van der Waals surface area (Å²) in [5, 5.41) is 13.8. The van der Waals surface area contributed by atoms with Crippen LogP contribution in [0.1, 0.15) is 48.5 Å². The summed E-state index contributed by atoms with van der Waals surface area (Å²) in [6, 6.07) is 4.34. The van der Waals surface area contributed by atoms with Crippen LogP contribution in [0.2, 0.25) is 0 Å². The van der Waals surface area contributed by atoms with E-state index in [1.54, 1.807) is 0 Å². The molecule has 0 atom stereocenters. The van der Waals surface area contributed by atoms with Crippen LogP contribution in [0.5, 0.6) is 0 Å².